The summed E-state index contributed by atoms with van der Waals surface area (Å²) in [6.45, 7) is 9.44. The standard InChI is InChI=1S/C49H79NO13/c1-30-14-10-9-11-15-31(2)41(59-6)29-38-22-18-34(5)49(58,63-38)46(55)47(56)50-25-13-12-16-39(50)48(57)62-37(23-19-35-20-24-40(52)42(27-35)60-7)28-36(51)21-17-32(3)43(53)45(61-8)44(54)33(4)26-30/h9-11,14-15,17,30,33-35,37-45,48,52-54,57-58H,12-13,16,18-29H2,1-8H3/b11-9+,14-10+,31-15+,32-17+/t30-,33?,34?,35?,37-,38+,39?,40-,41?,42?,43-,44?,45?,48?,49?/m1/s1. The summed E-state index contributed by atoms with van der Waals surface area (Å²) < 4.78 is 29.4. The van der Waals surface area contributed by atoms with Crippen LogP contribution in [-0.4, -0.2) is 143 Å². The van der Waals surface area contributed by atoms with Crippen LogP contribution in [0.1, 0.15) is 125 Å². The highest BCUT2D eigenvalue weighted by molar-refractivity contribution is 6.38. The van der Waals surface area contributed by atoms with Crippen molar-refractivity contribution in [2.75, 3.05) is 27.9 Å². The lowest BCUT2D eigenvalue weighted by molar-refractivity contribution is -0.266. The number of ketones is 2. The molecule has 0 spiro atoms. The number of methoxy groups -OCH3 is 3. The third kappa shape index (κ3) is 14.7. The van der Waals surface area contributed by atoms with Crippen LogP contribution in [-0.2, 0) is 38.1 Å². The minimum atomic E-state index is -2.38. The number of carbonyl (C=O) groups excluding carboxylic acids is 3. The zero-order valence-electron chi connectivity index (χ0n) is 39.1. The first kappa shape index (κ1) is 53.0. The summed E-state index contributed by atoms with van der Waals surface area (Å²) >= 11 is 0. The molecule has 358 valence electrons. The largest absolute Gasteiger partial charge is 0.390 e. The Bertz CT molecular complexity index is 1600. The lowest BCUT2D eigenvalue weighted by Gasteiger charge is -2.43. The van der Waals surface area contributed by atoms with Crippen molar-refractivity contribution in [2.24, 2.45) is 23.7 Å². The molecule has 2 bridgehead atoms. The number of rotatable bonds is 6. The number of aliphatic hydroxyl groups excluding tert-OH is 4. The van der Waals surface area contributed by atoms with Gasteiger partial charge in [0.15, 0.2) is 6.29 Å². The Labute approximate surface area is 375 Å². The van der Waals surface area contributed by atoms with Gasteiger partial charge in [-0.25, -0.2) is 0 Å². The molecule has 63 heavy (non-hydrogen) atoms. The van der Waals surface area contributed by atoms with Gasteiger partial charge in [-0.2, -0.15) is 0 Å². The van der Waals surface area contributed by atoms with E-state index < -0.39 is 78.5 Å². The fourth-order valence-corrected chi connectivity index (χ4v) is 9.85. The van der Waals surface area contributed by atoms with Gasteiger partial charge in [-0.1, -0.05) is 57.2 Å². The van der Waals surface area contributed by atoms with E-state index in [1.807, 2.05) is 51.2 Å². The molecule has 1 saturated carbocycles. The summed E-state index contributed by atoms with van der Waals surface area (Å²) in [4.78, 5) is 43.3. The number of piperidine rings is 1. The molecule has 5 N–H and O–H groups in total. The monoisotopic (exact) mass is 890 g/mol. The summed E-state index contributed by atoms with van der Waals surface area (Å²) in [6, 6.07) is -0.918. The van der Waals surface area contributed by atoms with Crippen LogP contribution in [0.15, 0.2) is 47.6 Å². The molecule has 14 nitrogen and oxygen atoms in total. The molecule has 0 aromatic carbocycles. The van der Waals surface area contributed by atoms with Crippen molar-refractivity contribution in [3.63, 3.8) is 0 Å². The summed E-state index contributed by atoms with van der Waals surface area (Å²) in [6.07, 6.45) is 10.5. The average molecular weight is 890 g/mol. The first-order chi connectivity index (χ1) is 29.9. The smallest absolute Gasteiger partial charge is 0.296 e. The van der Waals surface area contributed by atoms with E-state index in [0.29, 0.717) is 76.2 Å². The van der Waals surface area contributed by atoms with Crippen molar-refractivity contribution in [3.8, 4) is 0 Å². The maximum absolute atomic E-state index is 14.2. The quantitative estimate of drug-likeness (QED) is 0.171. The topological polar surface area (TPSA) is 202 Å². The number of hydrogen-bond acceptors (Lipinski definition) is 13. The molecule has 4 rings (SSSR count). The Morgan fingerprint density at radius 3 is 2.27 bits per heavy atom. The van der Waals surface area contributed by atoms with Crippen LogP contribution in [0.25, 0.3) is 0 Å². The third-order valence-corrected chi connectivity index (χ3v) is 14.1. The molecule has 1 amide bonds. The van der Waals surface area contributed by atoms with Crippen molar-refractivity contribution >= 4 is 17.5 Å². The molecule has 15 atom stereocenters. The maximum atomic E-state index is 14.2. The van der Waals surface area contributed by atoms with Gasteiger partial charge in [0.2, 0.25) is 5.79 Å². The van der Waals surface area contributed by atoms with Crippen LogP contribution in [0.2, 0.25) is 0 Å². The van der Waals surface area contributed by atoms with Crippen molar-refractivity contribution < 1.29 is 63.6 Å². The summed E-state index contributed by atoms with van der Waals surface area (Å²) in [5.41, 5.74) is 1.37. The first-order valence-electron chi connectivity index (χ1n) is 23.3. The number of Topliss-reactive ketones (excluding diaryl/α,β-unsaturated/α-hetero) is 2. The van der Waals surface area contributed by atoms with Crippen LogP contribution in [0.4, 0.5) is 0 Å². The zero-order valence-corrected chi connectivity index (χ0v) is 39.1. The van der Waals surface area contributed by atoms with Crippen molar-refractivity contribution in [1.82, 2.24) is 4.90 Å². The highest BCUT2D eigenvalue weighted by Crippen LogP contribution is 2.37. The van der Waals surface area contributed by atoms with E-state index in [2.05, 4.69) is 0 Å². The van der Waals surface area contributed by atoms with E-state index in [0.717, 1.165) is 12.0 Å². The number of carbonyl (C=O) groups is 3. The van der Waals surface area contributed by atoms with Gasteiger partial charge in [0.25, 0.3) is 11.7 Å². The summed E-state index contributed by atoms with van der Waals surface area (Å²) in [7, 11) is 4.61. The molecule has 14 heteroatoms. The van der Waals surface area contributed by atoms with Gasteiger partial charge in [0.05, 0.1) is 42.7 Å². The second-order valence-corrected chi connectivity index (χ2v) is 18.9. The second kappa shape index (κ2) is 25.3. The van der Waals surface area contributed by atoms with Gasteiger partial charge in [0.1, 0.15) is 18.0 Å². The van der Waals surface area contributed by atoms with Crippen LogP contribution in [0, 0.1) is 23.7 Å². The minimum absolute atomic E-state index is 0.0439. The van der Waals surface area contributed by atoms with Gasteiger partial charge >= 0.3 is 0 Å². The van der Waals surface area contributed by atoms with E-state index in [9.17, 15) is 39.9 Å². The van der Waals surface area contributed by atoms with Crippen molar-refractivity contribution in [2.45, 2.75) is 191 Å². The second-order valence-electron chi connectivity index (χ2n) is 18.9. The molecule has 3 aliphatic heterocycles. The Balaban J connectivity index is 1.64. The molecule has 1 aliphatic carbocycles. The molecule has 0 radical (unpaired) electrons. The van der Waals surface area contributed by atoms with Gasteiger partial charge in [-0.3, -0.25) is 14.4 Å². The minimum Gasteiger partial charge on any atom is -0.390 e. The first-order valence-corrected chi connectivity index (χ1v) is 23.3. The summed E-state index contributed by atoms with van der Waals surface area (Å²) in [5.74, 6) is -5.26. The summed E-state index contributed by atoms with van der Waals surface area (Å²) in [5, 5.41) is 56.7. The normalized spacial score (nSPS) is 42.0. The maximum Gasteiger partial charge on any atom is 0.296 e. The fraction of sp³-hybridized carbons (Fsp3) is 0.776. The van der Waals surface area contributed by atoms with E-state index >= 15 is 0 Å². The van der Waals surface area contributed by atoms with Crippen molar-refractivity contribution in [3.05, 3.63) is 47.6 Å². The molecule has 3 heterocycles. The van der Waals surface area contributed by atoms with Crippen LogP contribution >= 0.6 is 0 Å². The molecular weight excluding hydrogens is 811 g/mol. The number of allylic oxidation sites excluding steroid dienone is 6. The molecule has 3 fully saturated rings. The van der Waals surface area contributed by atoms with Crippen LogP contribution in [0.5, 0.6) is 0 Å². The SMILES string of the molecule is COC1C[C@@H]2CCC(C)C(O)(O2)C(=O)C(=O)N2CCCCC2C(O)O[C@H](CCC2CC[C@@H](O)C(OC)C2)CC(=O)C/C=C(\C)[C@@H](O)C(OC)C(O)C(C)C[C@H](C)/C=C/C=C/C=C/1C. The Morgan fingerprint density at radius 1 is 0.825 bits per heavy atom. The van der Waals surface area contributed by atoms with E-state index in [4.69, 9.17) is 23.7 Å². The highest BCUT2D eigenvalue weighted by Gasteiger charge is 2.53. The number of ether oxygens (including phenoxy) is 5. The van der Waals surface area contributed by atoms with Crippen LogP contribution < -0.4 is 0 Å². The van der Waals surface area contributed by atoms with E-state index in [1.165, 1.54) is 12.0 Å². The van der Waals surface area contributed by atoms with Crippen LogP contribution in [0.3, 0.4) is 0 Å². The Morgan fingerprint density at radius 2 is 1.57 bits per heavy atom. The number of nitrogens with zero attached hydrogens (tertiary/aromatic N) is 1. The lowest BCUT2D eigenvalue weighted by atomic mass is 9.82. The van der Waals surface area contributed by atoms with Gasteiger partial charge in [0, 0.05) is 53.1 Å². The van der Waals surface area contributed by atoms with Crippen molar-refractivity contribution in [1.29, 1.82) is 0 Å². The highest BCUT2D eigenvalue weighted by atomic mass is 16.6. The predicted molar refractivity (Wildman–Crippen MR) is 238 cm³/mol. The lowest BCUT2D eigenvalue weighted by Crippen LogP contribution is -2.61. The van der Waals surface area contributed by atoms with Gasteiger partial charge < -0.3 is 54.1 Å². The van der Waals surface area contributed by atoms with E-state index in [1.54, 1.807) is 34.1 Å². The number of hydrogen-bond donors (Lipinski definition) is 5. The molecule has 0 aromatic rings. The molecule has 4 aliphatic rings. The molecule has 0 aromatic heterocycles. The zero-order chi connectivity index (χ0) is 46.4. The third-order valence-electron chi connectivity index (χ3n) is 14.1. The Kier molecular flexibility index (Phi) is 21.3. The number of fused-ring (bicyclic) bond motifs is 3. The number of aliphatic hydroxyl groups is 5. The van der Waals surface area contributed by atoms with E-state index in [-0.39, 0.29) is 49.0 Å². The van der Waals surface area contributed by atoms with Gasteiger partial charge in [-0.15, -0.1) is 0 Å². The Hall–Kier alpha value is -2.63. The fourth-order valence-electron chi connectivity index (χ4n) is 9.85. The average Bonchev–Trinajstić information content (AvgIpc) is 3.27. The molecular formula is C49H79NO13. The predicted octanol–water partition coefficient (Wildman–Crippen LogP) is 5.27. The number of amides is 1. The molecule has 10 unspecified atom stereocenters. The molecule has 2 saturated heterocycles. The van der Waals surface area contributed by atoms with Gasteiger partial charge in [-0.05, 0) is 113 Å².